The molecule has 148 valence electrons. The minimum Gasteiger partial charge on any atom is -0.382 e. The molecule has 0 saturated carbocycles. The number of aromatic nitrogens is 2. The van der Waals surface area contributed by atoms with E-state index in [0.29, 0.717) is 56.9 Å². The van der Waals surface area contributed by atoms with Crippen molar-refractivity contribution in [3.8, 4) is 0 Å². The van der Waals surface area contributed by atoms with Crippen LogP contribution in [0.5, 0.6) is 0 Å². The van der Waals surface area contributed by atoms with Crippen LogP contribution in [-0.2, 0) is 42.1 Å². The van der Waals surface area contributed by atoms with Crippen LogP contribution in [0.25, 0.3) is 0 Å². The molecule has 0 N–H and O–H groups in total. The number of aryl methyl sites for hydroxylation is 1. The highest BCUT2D eigenvalue weighted by molar-refractivity contribution is 6.31. The van der Waals surface area contributed by atoms with Crippen molar-refractivity contribution >= 4 is 17.5 Å². The Morgan fingerprint density at radius 2 is 2.00 bits per heavy atom. The smallest absolute Gasteiger partial charge is 0.249 e. The lowest BCUT2D eigenvalue weighted by molar-refractivity contribution is -0.143. The first kappa shape index (κ1) is 21.1. The molecule has 26 heavy (non-hydrogen) atoms. The molecule has 1 aromatic rings. The van der Waals surface area contributed by atoms with Crippen LogP contribution in [0, 0.1) is 0 Å². The molecule has 1 amide bonds. The van der Waals surface area contributed by atoms with Crippen molar-refractivity contribution in [2.45, 2.75) is 12.8 Å². The molecule has 2 rings (SSSR count). The fourth-order valence-electron chi connectivity index (χ4n) is 2.35. The predicted octanol–water partition coefficient (Wildman–Crippen LogP) is 0.455. The van der Waals surface area contributed by atoms with Crippen molar-refractivity contribution in [1.82, 2.24) is 14.7 Å². The van der Waals surface area contributed by atoms with Crippen molar-refractivity contribution in [3.05, 3.63) is 16.9 Å². The van der Waals surface area contributed by atoms with Crippen molar-refractivity contribution < 1.29 is 28.5 Å². The fraction of sp³-hybridized carbons (Fsp3) is 0.750. The summed E-state index contributed by atoms with van der Waals surface area (Å²) in [6, 6.07) is 0. The first-order valence-electron chi connectivity index (χ1n) is 8.43. The summed E-state index contributed by atoms with van der Waals surface area (Å²) < 4.78 is 28.1. The summed E-state index contributed by atoms with van der Waals surface area (Å²) in [5, 5.41) is 4.79. The topological polar surface area (TPSA) is 84.3 Å². The van der Waals surface area contributed by atoms with Crippen molar-refractivity contribution in [1.29, 1.82) is 0 Å². The predicted molar refractivity (Wildman–Crippen MR) is 92.8 cm³/mol. The van der Waals surface area contributed by atoms with Crippen molar-refractivity contribution in [3.63, 3.8) is 0 Å². The monoisotopic (exact) mass is 391 g/mol. The van der Waals surface area contributed by atoms with E-state index in [1.165, 1.54) is 0 Å². The first-order valence-corrected chi connectivity index (χ1v) is 8.81. The van der Waals surface area contributed by atoms with Gasteiger partial charge in [-0.3, -0.25) is 9.48 Å². The summed E-state index contributed by atoms with van der Waals surface area (Å²) in [6.07, 6.45) is 1.24. The zero-order chi connectivity index (χ0) is 18.8. The normalized spacial score (nSPS) is 14.9. The molecule has 0 unspecified atom stereocenters. The molecule has 0 aliphatic carbocycles. The van der Waals surface area contributed by atoms with Gasteiger partial charge in [-0.15, -0.1) is 0 Å². The maximum absolute atomic E-state index is 12.5. The highest BCUT2D eigenvalue weighted by atomic mass is 35.5. The van der Waals surface area contributed by atoms with Crippen LogP contribution in [-0.4, -0.2) is 86.8 Å². The average molecular weight is 392 g/mol. The zero-order valence-electron chi connectivity index (χ0n) is 15.2. The minimum atomic E-state index is -0.446. The highest BCUT2D eigenvalue weighted by Crippen LogP contribution is 2.17. The maximum atomic E-state index is 12.5. The van der Waals surface area contributed by atoms with E-state index < -0.39 is 6.29 Å². The Morgan fingerprint density at radius 3 is 2.65 bits per heavy atom. The van der Waals surface area contributed by atoms with Gasteiger partial charge in [0.05, 0.1) is 57.8 Å². The number of nitrogens with zero attached hydrogens (tertiary/aromatic N) is 3. The Hall–Kier alpha value is -1.23. The van der Waals surface area contributed by atoms with E-state index in [-0.39, 0.29) is 19.1 Å². The SMILES string of the molecule is COCCOCCOCC(=O)N(Cc1nn(C)cc1Cl)CC1OCCO1. The lowest BCUT2D eigenvalue weighted by Crippen LogP contribution is -2.40. The summed E-state index contributed by atoms with van der Waals surface area (Å²) >= 11 is 6.16. The molecule has 1 saturated heterocycles. The maximum Gasteiger partial charge on any atom is 0.249 e. The Labute approximate surface area is 158 Å². The summed E-state index contributed by atoms with van der Waals surface area (Å²) in [6.45, 7) is 3.27. The molecule has 0 aromatic carbocycles. The molecule has 0 spiro atoms. The third kappa shape index (κ3) is 7.18. The number of ether oxygens (including phenoxy) is 5. The number of hydrogen-bond donors (Lipinski definition) is 0. The van der Waals surface area contributed by atoms with Gasteiger partial charge in [-0.05, 0) is 0 Å². The van der Waals surface area contributed by atoms with Crippen LogP contribution in [0.2, 0.25) is 5.02 Å². The van der Waals surface area contributed by atoms with E-state index in [1.807, 2.05) is 0 Å². The van der Waals surface area contributed by atoms with Crippen LogP contribution in [0.1, 0.15) is 5.69 Å². The summed E-state index contributed by atoms with van der Waals surface area (Å²) in [7, 11) is 3.39. The molecule has 10 heteroatoms. The van der Waals surface area contributed by atoms with Crippen LogP contribution < -0.4 is 0 Å². The third-order valence-electron chi connectivity index (χ3n) is 3.64. The Kier molecular flexibility index (Phi) is 9.30. The van der Waals surface area contributed by atoms with E-state index in [0.717, 1.165) is 0 Å². The molecular weight excluding hydrogens is 366 g/mol. The minimum absolute atomic E-state index is 0.0647. The molecule has 0 atom stereocenters. The van der Waals surface area contributed by atoms with E-state index in [1.54, 1.807) is 29.9 Å². The number of carbonyl (C=O) groups is 1. The van der Waals surface area contributed by atoms with E-state index in [9.17, 15) is 4.79 Å². The number of hydrogen-bond acceptors (Lipinski definition) is 7. The highest BCUT2D eigenvalue weighted by Gasteiger charge is 2.24. The van der Waals surface area contributed by atoms with Crippen LogP contribution in [0.3, 0.4) is 0 Å². The zero-order valence-corrected chi connectivity index (χ0v) is 15.9. The van der Waals surface area contributed by atoms with Gasteiger partial charge in [-0.25, -0.2) is 0 Å². The largest absolute Gasteiger partial charge is 0.382 e. The summed E-state index contributed by atoms with van der Waals surface area (Å²) in [5.74, 6) is -0.192. The standard InChI is InChI=1S/C16H26ClN3O6/c1-19-9-13(17)14(18-19)10-20(11-16-25-7-8-26-16)15(21)12-24-6-5-23-4-3-22-2/h9,16H,3-8,10-12H2,1-2H3. The van der Waals surface area contributed by atoms with E-state index >= 15 is 0 Å². The van der Waals surface area contributed by atoms with Crippen molar-refractivity contribution in [2.24, 2.45) is 7.05 Å². The Morgan fingerprint density at radius 1 is 1.31 bits per heavy atom. The molecule has 1 aliphatic rings. The quantitative estimate of drug-likeness (QED) is 0.478. The first-order chi connectivity index (χ1) is 12.6. The third-order valence-corrected chi connectivity index (χ3v) is 3.95. The van der Waals surface area contributed by atoms with Crippen LogP contribution in [0.4, 0.5) is 0 Å². The summed E-state index contributed by atoms with van der Waals surface area (Å²) in [5.41, 5.74) is 0.614. The molecule has 0 bridgehead atoms. The van der Waals surface area contributed by atoms with Gasteiger partial charge in [0.25, 0.3) is 0 Å². The van der Waals surface area contributed by atoms with Gasteiger partial charge in [0.2, 0.25) is 5.91 Å². The van der Waals surface area contributed by atoms with Crippen LogP contribution >= 0.6 is 11.6 Å². The van der Waals surface area contributed by atoms with E-state index in [2.05, 4.69) is 5.10 Å². The number of halogens is 1. The van der Waals surface area contributed by atoms with Gasteiger partial charge in [0.15, 0.2) is 6.29 Å². The van der Waals surface area contributed by atoms with Gasteiger partial charge in [-0.1, -0.05) is 11.6 Å². The average Bonchev–Trinajstić information content (AvgIpc) is 3.23. The number of methoxy groups -OCH3 is 1. The van der Waals surface area contributed by atoms with Gasteiger partial charge in [0, 0.05) is 20.4 Å². The molecule has 2 heterocycles. The van der Waals surface area contributed by atoms with Gasteiger partial charge in [0.1, 0.15) is 12.3 Å². The van der Waals surface area contributed by atoms with E-state index in [4.69, 9.17) is 35.3 Å². The molecular formula is C16H26ClN3O6. The molecule has 1 aliphatic heterocycles. The van der Waals surface area contributed by atoms with Crippen LogP contribution in [0.15, 0.2) is 6.20 Å². The molecule has 0 radical (unpaired) electrons. The molecule has 1 fully saturated rings. The van der Waals surface area contributed by atoms with Gasteiger partial charge < -0.3 is 28.6 Å². The Balaban J connectivity index is 1.81. The second kappa shape index (κ2) is 11.5. The molecule has 9 nitrogen and oxygen atoms in total. The second-order valence-electron chi connectivity index (χ2n) is 5.70. The summed E-state index contributed by atoms with van der Waals surface area (Å²) in [4.78, 5) is 14.1. The van der Waals surface area contributed by atoms with Gasteiger partial charge in [-0.2, -0.15) is 5.10 Å². The lowest BCUT2D eigenvalue weighted by Gasteiger charge is -2.24. The second-order valence-corrected chi connectivity index (χ2v) is 6.11. The number of rotatable bonds is 12. The lowest BCUT2D eigenvalue weighted by atomic mass is 10.3. The Bertz CT molecular complexity index is 550. The van der Waals surface area contributed by atoms with Crippen molar-refractivity contribution in [2.75, 3.05) is 59.9 Å². The fourth-order valence-corrected chi connectivity index (χ4v) is 2.59. The molecule has 1 aromatic heterocycles. The number of carbonyl (C=O) groups excluding carboxylic acids is 1. The number of amides is 1. The van der Waals surface area contributed by atoms with Gasteiger partial charge >= 0.3 is 0 Å².